The third kappa shape index (κ3) is 2.56. The SMILES string of the molecule is Cc1ccc2c(c1)c1cc(C)cc3c1n2-c1ccc(-c2ccc4ccccc4c2)cc1C3(C)C. The van der Waals surface area contributed by atoms with Crippen LogP contribution in [0.3, 0.4) is 0 Å². The second kappa shape index (κ2) is 6.61. The van der Waals surface area contributed by atoms with Gasteiger partial charge in [0.05, 0.1) is 16.7 Å². The van der Waals surface area contributed by atoms with Crippen molar-refractivity contribution in [2.75, 3.05) is 0 Å². The molecule has 0 N–H and O–H groups in total. The molecule has 34 heavy (non-hydrogen) atoms. The van der Waals surface area contributed by atoms with Crippen molar-refractivity contribution < 1.29 is 0 Å². The van der Waals surface area contributed by atoms with Crippen LogP contribution >= 0.6 is 0 Å². The van der Waals surface area contributed by atoms with Gasteiger partial charge in [-0.2, -0.15) is 0 Å². The zero-order valence-electron chi connectivity index (χ0n) is 20.1. The smallest absolute Gasteiger partial charge is 0.0582 e. The van der Waals surface area contributed by atoms with Crippen LogP contribution in [0.5, 0.6) is 0 Å². The maximum Gasteiger partial charge on any atom is 0.0582 e. The lowest BCUT2D eigenvalue weighted by molar-refractivity contribution is 0.630. The molecule has 7 rings (SSSR count). The van der Waals surface area contributed by atoms with Crippen molar-refractivity contribution in [2.45, 2.75) is 33.1 Å². The molecule has 5 aromatic carbocycles. The molecule has 2 heterocycles. The van der Waals surface area contributed by atoms with Crippen LogP contribution in [0.4, 0.5) is 0 Å². The molecule has 0 saturated carbocycles. The van der Waals surface area contributed by atoms with Crippen molar-refractivity contribution in [3.8, 4) is 16.8 Å². The molecule has 0 amide bonds. The topological polar surface area (TPSA) is 4.93 Å². The van der Waals surface area contributed by atoms with E-state index in [9.17, 15) is 0 Å². The first-order valence-electron chi connectivity index (χ1n) is 12.1. The second-order valence-corrected chi connectivity index (χ2v) is 10.5. The monoisotopic (exact) mass is 437 g/mol. The van der Waals surface area contributed by atoms with Gasteiger partial charge in [0.1, 0.15) is 0 Å². The number of nitrogens with zero attached hydrogens (tertiary/aromatic N) is 1. The Labute approximate surface area is 200 Å². The average molecular weight is 438 g/mol. The van der Waals surface area contributed by atoms with Gasteiger partial charge < -0.3 is 4.57 Å². The highest BCUT2D eigenvalue weighted by Crippen LogP contribution is 2.48. The Kier molecular flexibility index (Phi) is 3.81. The molecule has 1 heteroatoms. The molecule has 0 atom stereocenters. The number of aryl methyl sites for hydroxylation is 2. The van der Waals surface area contributed by atoms with Crippen LogP contribution in [0, 0.1) is 13.8 Å². The molecule has 0 fully saturated rings. The molecule has 0 bridgehead atoms. The van der Waals surface area contributed by atoms with Gasteiger partial charge in [-0.05, 0) is 83.3 Å². The van der Waals surface area contributed by atoms with E-state index in [4.69, 9.17) is 0 Å². The molecular formula is C33H27N. The summed E-state index contributed by atoms with van der Waals surface area (Å²) in [5.41, 5.74) is 11.8. The van der Waals surface area contributed by atoms with Crippen LogP contribution in [-0.4, -0.2) is 4.57 Å². The van der Waals surface area contributed by atoms with Gasteiger partial charge in [-0.25, -0.2) is 0 Å². The fourth-order valence-electron chi connectivity index (χ4n) is 6.06. The molecule has 0 saturated heterocycles. The van der Waals surface area contributed by atoms with Crippen molar-refractivity contribution in [2.24, 2.45) is 0 Å². The van der Waals surface area contributed by atoms with Gasteiger partial charge in [0, 0.05) is 16.2 Å². The Bertz CT molecular complexity index is 1800. The van der Waals surface area contributed by atoms with Crippen LogP contribution in [0.25, 0.3) is 49.4 Å². The molecule has 0 aliphatic carbocycles. The first-order chi connectivity index (χ1) is 16.4. The number of aromatic nitrogens is 1. The van der Waals surface area contributed by atoms with Gasteiger partial charge >= 0.3 is 0 Å². The summed E-state index contributed by atoms with van der Waals surface area (Å²) in [6, 6.07) is 34.1. The zero-order chi connectivity index (χ0) is 23.2. The standard InChI is InChI=1S/C33H27N/c1-20-9-13-30-26(15-20)27-16-21(2)17-29-32(27)34(30)31-14-12-25(19-28(31)33(29,3)4)24-11-10-22-7-5-6-8-23(22)18-24/h5-19H,1-4H3. The van der Waals surface area contributed by atoms with Gasteiger partial charge in [-0.15, -0.1) is 0 Å². The Morgan fingerprint density at radius 2 is 1.32 bits per heavy atom. The summed E-state index contributed by atoms with van der Waals surface area (Å²) in [6.07, 6.45) is 0. The number of benzene rings is 5. The minimum atomic E-state index is -0.0914. The van der Waals surface area contributed by atoms with Crippen LogP contribution in [0.1, 0.15) is 36.1 Å². The highest BCUT2D eigenvalue weighted by atomic mass is 15.0. The van der Waals surface area contributed by atoms with E-state index in [1.165, 1.54) is 71.6 Å². The first kappa shape index (κ1) is 19.6. The third-order valence-electron chi connectivity index (χ3n) is 7.83. The fourth-order valence-corrected chi connectivity index (χ4v) is 6.06. The van der Waals surface area contributed by atoms with Gasteiger partial charge in [0.15, 0.2) is 0 Å². The van der Waals surface area contributed by atoms with Crippen LogP contribution in [-0.2, 0) is 5.41 Å². The second-order valence-electron chi connectivity index (χ2n) is 10.5. The third-order valence-corrected chi connectivity index (χ3v) is 7.83. The molecule has 1 aromatic heterocycles. The summed E-state index contributed by atoms with van der Waals surface area (Å²) in [7, 11) is 0. The predicted molar refractivity (Wildman–Crippen MR) is 145 cm³/mol. The van der Waals surface area contributed by atoms with Gasteiger partial charge in [-0.3, -0.25) is 0 Å². The largest absolute Gasteiger partial charge is 0.309 e. The molecule has 6 aromatic rings. The maximum atomic E-state index is 2.50. The Morgan fingerprint density at radius 3 is 2.18 bits per heavy atom. The summed E-state index contributed by atoms with van der Waals surface area (Å²) < 4.78 is 2.50. The summed E-state index contributed by atoms with van der Waals surface area (Å²) in [5, 5.41) is 5.28. The van der Waals surface area contributed by atoms with E-state index in [1.807, 2.05) is 0 Å². The Balaban J connectivity index is 1.55. The number of fused-ring (bicyclic) bond motifs is 6. The average Bonchev–Trinajstić information content (AvgIpc) is 3.15. The number of hydrogen-bond acceptors (Lipinski definition) is 0. The zero-order valence-corrected chi connectivity index (χ0v) is 20.1. The van der Waals surface area contributed by atoms with E-state index in [1.54, 1.807) is 0 Å². The van der Waals surface area contributed by atoms with E-state index in [-0.39, 0.29) is 5.41 Å². The van der Waals surface area contributed by atoms with E-state index >= 15 is 0 Å². The van der Waals surface area contributed by atoms with Crippen molar-refractivity contribution >= 4 is 32.6 Å². The van der Waals surface area contributed by atoms with E-state index in [2.05, 4.69) is 123 Å². The fraction of sp³-hybridized carbons (Fsp3) is 0.152. The normalized spacial score (nSPS) is 14.1. The van der Waals surface area contributed by atoms with E-state index in [0.717, 1.165) is 0 Å². The lowest BCUT2D eigenvalue weighted by atomic mass is 9.73. The summed E-state index contributed by atoms with van der Waals surface area (Å²) in [5.74, 6) is 0. The maximum absolute atomic E-state index is 2.50. The number of hydrogen-bond donors (Lipinski definition) is 0. The van der Waals surface area contributed by atoms with Crippen LogP contribution < -0.4 is 0 Å². The molecule has 164 valence electrons. The number of rotatable bonds is 1. The minimum absolute atomic E-state index is 0.0914. The summed E-state index contributed by atoms with van der Waals surface area (Å²) in [6.45, 7) is 9.19. The highest BCUT2D eigenvalue weighted by molar-refractivity contribution is 6.12. The lowest BCUT2D eigenvalue weighted by Gasteiger charge is -2.35. The molecular weight excluding hydrogens is 410 g/mol. The van der Waals surface area contributed by atoms with E-state index < -0.39 is 0 Å². The first-order valence-corrected chi connectivity index (χ1v) is 12.1. The summed E-state index contributed by atoms with van der Waals surface area (Å²) >= 11 is 0. The van der Waals surface area contributed by atoms with Crippen LogP contribution in [0.2, 0.25) is 0 Å². The lowest BCUT2D eigenvalue weighted by Crippen LogP contribution is -2.26. The Morgan fingerprint density at radius 1 is 0.588 bits per heavy atom. The minimum Gasteiger partial charge on any atom is -0.309 e. The van der Waals surface area contributed by atoms with Crippen molar-refractivity contribution in [3.63, 3.8) is 0 Å². The molecule has 1 aliphatic rings. The summed E-state index contributed by atoms with van der Waals surface area (Å²) in [4.78, 5) is 0. The van der Waals surface area contributed by atoms with E-state index in [0.29, 0.717) is 0 Å². The quantitative estimate of drug-likeness (QED) is 0.242. The van der Waals surface area contributed by atoms with Gasteiger partial charge in [-0.1, -0.05) is 79.6 Å². The highest BCUT2D eigenvalue weighted by Gasteiger charge is 2.35. The van der Waals surface area contributed by atoms with Gasteiger partial charge in [0.2, 0.25) is 0 Å². The molecule has 0 unspecified atom stereocenters. The van der Waals surface area contributed by atoms with Crippen molar-refractivity contribution in [3.05, 3.63) is 113 Å². The molecule has 0 radical (unpaired) electrons. The van der Waals surface area contributed by atoms with Gasteiger partial charge in [0.25, 0.3) is 0 Å². The van der Waals surface area contributed by atoms with Crippen molar-refractivity contribution in [1.29, 1.82) is 0 Å². The molecule has 0 spiro atoms. The molecule has 1 nitrogen and oxygen atoms in total. The predicted octanol–water partition coefficient (Wildman–Crippen LogP) is 8.86. The Hall–Kier alpha value is -3.84. The van der Waals surface area contributed by atoms with Crippen molar-refractivity contribution in [1.82, 2.24) is 4.57 Å². The van der Waals surface area contributed by atoms with Crippen LogP contribution in [0.15, 0.2) is 91.0 Å². The molecule has 1 aliphatic heterocycles.